The minimum atomic E-state index is -0.209. The lowest BCUT2D eigenvalue weighted by Crippen LogP contribution is -2.53. The van der Waals surface area contributed by atoms with E-state index in [-0.39, 0.29) is 17.5 Å². The number of carbonyl (C=O) groups excluding carboxylic acids is 1. The van der Waals surface area contributed by atoms with E-state index in [1.165, 1.54) is 0 Å². The number of rotatable bonds is 4. The van der Waals surface area contributed by atoms with E-state index in [0.717, 1.165) is 23.5 Å². The summed E-state index contributed by atoms with van der Waals surface area (Å²) in [5, 5.41) is 3.09. The van der Waals surface area contributed by atoms with E-state index in [0.29, 0.717) is 39.5 Å². The predicted molar refractivity (Wildman–Crippen MR) is 95.5 cm³/mol. The molecule has 0 radical (unpaired) electrons. The molecule has 6 heteroatoms. The molecular weight excluding hydrogens is 320 g/mol. The molecule has 0 bridgehead atoms. The van der Waals surface area contributed by atoms with Crippen molar-refractivity contribution < 1.29 is 19.0 Å². The van der Waals surface area contributed by atoms with E-state index in [1.54, 1.807) is 0 Å². The highest BCUT2D eigenvalue weighted by Crippen LogP contribution is 2.34. The smallest absolute Gasteiger partial charge is 0.317 e. The van der Waals surface area contributed by atoms with Crippen LogP contribution in [-0.4, -0.2) is 56.5 Å². The second kappa shape index (κ2) is 7.52. The van der Waals surface area contributed by atoms with Gasteiger partial charge in [-0.15, -0.1) is 0 Å². The first-order valence-electron chi connectivity index (χ1n) is 9.03. The van der Waals surface area contributed by atoms with Gasteiger partial charge in [0, 0.05) is 18.5 Å². The topological polar surface area (TPSA) is 60.0 Å². The Bertz CT molecular complexity index is 617. The number of hydrogen-bond acceptors (Lipinski definition) is 4. The number of benzene rings is 1. The maximum atomic E-state index is 12.6. The standard InChI is InChI=1S/C19H28N2O4/c1-4-15-12-23-8-7-21(15)18(22)20-13-19(2,3)14-5-6-16-17(11-14)25-10-9-24-16/h5-6,11,15H,4,7-10,12-13H2,1-3H3,(H,20,22). The van der Waals surface area contributed by atoms with E-state index >= 15 is 0 Å². The Balaban J connectivity index is 1.64. The Morgan fingerprint density at radius 3 is 2.76 bits per heavy atom. The monoisotopic (exact) mass is 348 g/mol. The average molecular weight is 348 g/mol. The van der Waals surface area contributed by atoms with Gasteiger partial charge in [0.05, 0.1) is 19.3 Å². The number of fused-ring (bicyclic) bond motifs is 1. The van der Waals surface area contributed by atoms with Crippen LogP contribution in [0.5, 0.6) is 11.5 Å². The summed E-state index contributed by atoms with van der Waals surface area (Å²) < 4.78 is 16.7. The van der Waals surface area contributed by atoms with Crippen LogP contribution in [0.25, 0.3) is 0 Å². The maximum Gasteiger partial charge on any atom is 0.317 e. The van der Waals surface area contributed by atoms with Crippen molar-refractivity contribution in [1.82, 2.24) is 10.2 Å². The number of nitrogens with zero attached hydrogens (tertiary/aromatic N) is 1. The van der Waals surface area contributed by atoms with E-state index in [4.69, 9.17) is 14.2 Å². The molecule has 0 spiro atoms. The number of hydrogen-bond donors (Lipinski definition) is 1. The Morgan fingerprint density at radius 1 is 1.24 bits per heavy atom. The van der Waals surface area contributed by atoms with Crippen LogP contribution in [0.1, 0.15) is 32.8 Å². The van der Waals surface area contributed by atoms with Gasteiger partial charge in [0.25, 0.3) is 0 Å². The molecule has 1 fully saturated rings. The van der Waals surface area contributed by atoms with Crippen LogP contribution < -0.4 is 14.8 Å². The second-order valence-corrected chi connectivity index (χ2v) is 7.23. The third-order valence-corrected chi connectivity index (χ3v) is 4.96. The second-order valence-electron chi connectivity index (χ2n) is 7.23. The Hall–Kier alpha value is -1.95. The van der Waals surface area contributed by atoms with Crippen molar-refractivity contribution in [3.63, 3.8) is 0 Å². The third-order valence-electron chi connectivity index (χ3n) is 4.96. The molecule has 2 aliphatic heterocycles. The molecule has 138 valence electrons. The minimum absolute atomic E-state index is 0.0132. The van der Waals surface area contributed by atoms with Crippen LogP contribution in [0, 0.1) is 0 Å². The van der Waals surface area contributed by atoms with Gasteiger partial charge in [0.2, 0.25) is 0 Å². The highest BCUT2D eigenvalue weighted by Gasteiger charge is 2.29. The fourth-order valence-electron chi connectivity index (χ4n) is 3.22. The molecule has 0 aliphatic carbocycles. The van der Waals surface area contributed by atoms with Crippen molar-refractivity contribution in [2.24, 2.45) is 0 Å². The number of ether oxygens (including phenoxy) is 3. The molecule has 6 nitrogen and oxygen atoms in total. The maximum absolute atomic E-state index is 12.6. The van der Waals surface area contributed by atoms with Gasteiger partial charge >= 0.3 is 6.03 Å². The van der Waals surface area contributed by atoms with E-state index < -0.39 is 0 Å². The van der Waals surface area contributed by atoms with Gasteiger partial charge in [0.15, 0.2) is 11.5 Å². The summed E-state index contributed by atoms with van der Waals surface area (Å²) in [5.74, 6) is 1.57. The molecule has 1 aromatic rings. The first-order valence-corrected chi connectivity index (χ1v) is 9.03. The van der Waals surface area contributed by atoms with E-state index in [1.807, 2.05) is 23.1 Å². The fourth-order valence-corrected chi connectivity index (χ4v) is 3.22. The SMILES string of the molecule is CCC1COCCN1C(=O)NCC(C)(C)c1ccc2c(c1)OCCO2. The van der Waals surface area contributed by atoms with Gasteiger partial charge in [0.1, 0.15) is 13.2 Å². The van der Waals surface area contributed by atoms with Gasteiger partial charge in [-0.05, 0) is 24.1 Å². The summed E-state index contributed by atoms with van der Waals surface area (Å²) in [5.41, 5.74) is 0.908. The number of amides is 2. The summed E-state index contributed by atoms with van der Waals surface area (Å²) in [7, 11) is 0. The largest absolute Gasteiger partial charge is 0.486 e. The zero-order valence-corrected chi connectivity index (χ0v) is 15.3. The average Bonchev–Trinajstić information content (AvgIpc) is 2.65. The summed E-state index contributed by atoms with van der Waals surface area (Å²) >= 11 is 0. The summed E-state index contributed by atoms with van der Waals surface area (Å²) in [6.45, 7) is 9.91. The highest BCUT2D eigenvalue weighted by molar-refractivity contribution is 5.74. The van der Waals surface area contributed by atoms with Gasteiger partial charge in [-0.25, -0.2) is 4.79 Å². The minimum Gasteiger partial charge on any atom is -0.486 e. The Kier molecular flexibility index (Phi) is 5.37. The fraction of sp³-hybridized carbons (Fsp3) is 0.632. The number of carbonyl (C=O) groups is 1. The predicted octanol–water partition coefficient (Wildman–Crippen LogP) is 2.56. The van der Waals surface area contributed by atoms with Gasteiger partial charge in [-0.1, -0.05) is 26.8 Å². The van der Waals surface area contributed by atoms with E-state index in [9.17, 15) is 4.79 Å². The third kappa shape index (κ3) is 4.00. The van der Waals surface area contributed by atoms with Crippen molar-refractivity contribution in [3.05, 3.63) is 23.8 Å². The highest BCUT2D eigenvalue weighted by atomic mass is 16.6. The number of nitrogens with one attached hydrogen (secondary N) is 1. The molecule has 1 unspecified atom stereocenters. The molecule has 1 saturated heterocycles. The molecule has 25 heavy (non-hydrogen) atoms. The number of morpholine rings is 1. The Morgan fingerprint density at radius 2 is 2.00 bits per heavy atom. The first-order chi connectivity index (χ1) is 12.0. The van der Waals surface area contributed by atoms with Crippen LogP contribution in [0.4, 0.5) is 4.79 Å². The molecule has 3 rings (SSSR count). The van der Waals surface area contributed by atoms with Crippen LogP contribution in [0.15, 0.2) is 18.2 Å². The van der Waals surface area contributed by atoms with Gasteiger partial charge in [-0.3, -0.25) is 0 Å². The molecule has 0 saturated carbocycles. The van der Waals surface area contributed by atoms with Gasteiger partial charge < -0.3 is 24.4 Å². The molecular formula is C19H28N2O4. The zero-order chi connectivity index (χ0) is 17.9. The summed E-state index contributed by atoms with van der Waals surface area (Å²) in [6, 6.07) is 6.16. The molecule has 2 heterocycles. The van der Waals surface area contributed by atoms with Crippen LogP contribution in [0.2, 0.25) is 0 Å². The molecule has 0 aromatic heterocycles. The lowest BCUT2D eigenvalue weighted by atomic mass is 9.84. The van der Waals surface area contributed by atoms with Crippen LogP contribution in [-0.2, 0) is 10.2 Å². The quantitative estimate of drug-likeness (QED) is 0.908. The number of urea groups is 1. The Labute approximate surface area is 149 Å². The lowest BCUT2D eigenvalue weighted by Gasteiger charge is -2.36. The first kappa shape index (κ1) is 17.9. The zero-order valence-electron chi connectivity index (χ0n) is 15.3. The van der Waals surface area contributed by atoms with Crippen molar-refractivity contribution in [2.75, 3.05) is 39.5 Å². The van der Waals surface area contributed by atoms with Crippen molar-refractivity contribution in [3.8, 4) is 11.5 Å². The summed E-state index contributed by atoms with van der Waals surface area (Å²) in [6.07, 6.45) is 0.902. The van der Waals surface area contributed by atoms with E-state index in [2.05, 4.69) is 26.1 Å². The van der Waals surface area contributed by atoms with Crippen molar-refractivity contribution in [1.29, 1.82) is 0 Å². The van der Waals surface area contributed by atoms with Crippen molar-refractivity contribution in [2.45, 2.75) is 38.6 Å². The van der Waals surface area contributed by atoms with Crippen LogP contribution in [0.3, 0.4) is 0 Å². The molecule has 2 aliphatic rings. The molecule has 2 amide bonds. The lowest BCUT2D eigenvalue weighted by molar-refractivity contribution is 0.0111. The normalized spacial score (nSPS) is 20.3. The molecule has 1 atom stereocenters. The van der Waals surface area contributed by atoms with Crippen LogP contribution >= 0.6 is 0 Å². The van der Waals surface area contributed by atoms with Crippen molar-refractivity contribution >= 4 is 6.03 Å². The molecule has 1 aromatic carbocycles. The van der Waals surface area contributed by atoms with Gasteiger partial charge in [-0.2, -0.15) is 0 Å². The molecule has 1 N–H and O–H groups in total. The summed E-state index contributed by atoms with van der Waals surface area (Å²) in [4.78, 5) is 14.5.